The number of nitrogens with zero attached hydrogens (tertiary/aromatic N) is 5. The third-order valence-corrected chi connectivity index (χ3v) is 4.78. The summed E-state index contributed by atoms with van der Waals surface area (Å²) in [7, 11) is 1.65. The lowest BCUT2D eigenvalue weighted by molar-refractivity contribution is 0.0915. The predicted octanol–water partition coefficient (Wildman–Crippen LogP) is 1.12. The normalized spacial score (nSPS) is 15.5. The van der Waals surface area contributed by atoms with Crippen LogP contribution >= 0.6 is 0 Å². The first-order valence-electron chi connectivity index (χ1n) is 8.93. The van der Waals surface area contributed by atoms with Crippen LogP contribution in [-0.2, 0) is 19.6 Å². The second-order valence-corrected chi connectivity index (χ2v) is 6.66. The molecule has 3 heterocycles. The van der Waals surface area contributed by atoms with Crippen LogP contribution in [0.15, 0.2) is 42.7 Å². The fourth-order valence-corrected chi connectivity index (χ4v) is 3.38. The number of benzene rings is 1. The lowest BCUT2D eigenvalue weighted by Gasteiger charge is -2.26. The van der Waals surface area contributed by atoms with E-state index in [1.54, 1.807) is 7.11 Å². The Labute approximate surface area is 157 Å². The molecule has 1 aliphatic heterocycles. The molecule has 0 amide bonds. The first kappa shape index (κ1) is 17.7. The lowest BCUT2D eigenvalue weighted by atomic mass is 10.2. The van der Waals surface area contributed by atoms with E-state index in [2.05, 4.69) is 15.1 Å². The third-order valence-electron chi connectivity index (χ3n) is 4.78. The van der Waals surface area contributed by atoms with Gasteiger partial charge in [0.15, 0.2) is 0 Å². The molecule has 0 spiro atoms. The summed E-state index contributed by atoms with van der Waals surface area (Å²) in [4.78, 5) is 2.32. The van der Waals surface area contributed by atoms with Crippen molar-refractivity contribution in [2.75, 3.05) is 20.3 Å². The zero-order valence-electron chi connectivity index (χ0n) is 15.2. The van der Waals surface area contributed by atoms with Gasteiger partial charge < -0.3 is 14.9 Å². The number of rotatable bonds is 6. The maximum Gasteiger partial charge on any atom is 0.144 e. The van der Waals surface area contributed by atoms with Crippen LogP contribution < -0.4 is 4.74 Å². The summed E-state index contributed by atoms with van der Waals surface area (Å²) < 4.78 is 9.15. The zero-order valence-corrected chi connectivity index (χ0v) is 15.2. The second-order valence-electron chi connectivity index (χ2n) is 6.66. The summed E-state index contributed by atoms with van der Waals surface area (Å²) in [6.07, 6.45) is 2.97. The van der Waals surface area contributed by atoms with E-state index in [0.717, 1.165) is 48.9 Å². The van der Waals surface area contributed by atoms with Crippen molar-refractivity contribution in [2.24, 2.45) is 0 Å². The van der Waals surface area contributed by atoms with Crippen molar-refractivity contribution >= 4 is 0 Å². The highest BCUT2D eigenvalue weighted by Crippen LogP contribution is 2.23. The number of aromatic nitrogens is 4. The predicted molar refractivity (Wildman–Crippen MR) is 98.5 cm³/mol. The molecule has 4 rings (SSSR count). The Bertz CT molecular complexity index is 920. The summed E-state index contributed by atoms with van der Waals surface area (Å²) in [6.45, 7) is 2.82. The van der Waals surface area contributed by atoms with Gasteiger partial charge in [0, 0.05) is 31.4 Å². The molecule has 1 atom stereocenters. The highest BCUT2D eigenvalue weighted by Gasteiger charge is 2.21. The van der Waals surface area contributed by atoms with Crippen molar-refractivity contribution in [3.8, 4) is 11.4 Å². The van der Waals surface area contributed by atoms with Gasteiger partial charge >= 0.3 is 0 Å². The monoisotopic (exact) mass is 369 g/mol. The van der Waals surface area contributed by atoms with Gasteiger partial charge in [-0.3, -0.25) is 9.58 Å². The van der Waals surface area contributed by atoms with Gasteiger partial charge in [-0.2, -0.15) is 10.2 Å². The van der Waals surface area contributed by atoms with Crippen molar-refractivity contribution in [3.63, 3.8) is 0 Å². The topological polar surface area (TPSA) is 88.6 Å². The highest BCUT2D eigenvalue weighted by molar-refractivity contribution is 5.46. The average Bonchev–Trinajstić information content (AvgIpc) is 3.34. The number of para-hydroxylation sites is 2. The van der Waals surface area contributed by atoms with Gasteiger partial charge in [0.2, 0.25) is 0 Å². The van der Waals surface area contributed by atoms with E-state index in [0.29, 0.717) is 5.69 Å². The van der Waals surface area contributed by atoms with Crippen LogP contribution in [0.1, 0.15) is 23.1 Å². The van der Waals surface area contributed by atoms with Gasteiger partial charge in [0.1, 0.15) is 17.5 Å². The molecule has 0 aliphatic carbocycles. The van der Waals surface area contributed by atoms with Crippen molar-refractivity contribution < 1.29 is 14.9 Å². The number of aliphatic hydroxyl groups excluding tert-OH is 2. The van der Waals surface area contributed by atoms with E-state index >= 15 is 0 Å². The minimum Gasteiger partial charge on any atom is -0.494 e. The highest BCUT2D eigenvalue weighted by atomic mass is 16.5. The number of fused-ring (bicyclic) bond motifs is 1. The molecule has 0 saturated carbocycles. The van der Waals surface area contributed by atoms with Crippen molar-refractivity contribution in [1.82, 2.24) is 24.5 Å². The van der Waals surface area contributed by atoms with Crippen LogP contribution in [0.2, 0.25) is 0 Å². The van der Waals surface area contributed by atoms with Crippen LogP contribution in [0, 0.1) is 0 Å². The second kappa shape index (κ2) is 7.51. The molecular formula is C19H23N5O3. The fraction of sp³-hybridized carbons (Fsp3) is 0.368. The van der Waals surface area contributed by atoms with E-state index in [1.807, 2.05) is 52.1 Å². The van der Waals surface area contributed by atoms with E-state index in [4.69, 9.17) is 9.84 Å². The number of methoxy groups -OCH3 is 1. The van der Waals surface area contributed by atoms with E-state index < -0.39 is 6.10 Å². The molecule has 2 aromatic heterocycles. The fourth-order valence-electron chi connectivity index (χ4n) is 3.38. The van der Waals surface area contributed by atoms with Gasteiger partial charge in [-0.25, -0.2) is 4.68 Å². The molecule has 2 N–H and O–H groups in total. The maximum absolute atomic E-state index is 9.77. The Morgan fingerprint density at radius 1 is 1.26 bits per heavy atom. The van der Waals surface area contributed by atoms with Crippen LogP contribution in [0.5, 0.6) is 5.75 Å². The molecule has 8 heteroatoms. The third kappa shape index (κ3) is 3.59. The standard InChI is InChI=1S/C19H23N5O3/c1-27-19-5-3-2-4-17(19)24-11-14(9-20-24)10-22-6-7-23-15(12-22)8-16(21-23)18(26)13-25/h2-5,8-9,11,18,25-26H,6-7,10,12-13H2,1H3/t18-/m1/s1. The molecule has 1 aliphatic rings. The summed E-state index contributed by atoms with van der Waals surface area (Å²) >= 11 is 0. The van der Waals surface area contributed by atoms with Gasteiger partial charge in [0.05, 0.1) is 37.8 Å². The molecule has 0 saturated heterocycles. The summed E-state index contributed by atoms with van der Waals surface area (Å²) in [5.41, 5.74) is 3.59. The van der Waals surface area contributed by atoms with Crippen LogP contribution in [0.25, 0.3) is 5.69 Å². The van der Waals surface area contributed by atoms with E-state index in [9.17, 15) is 5.11 Å². The SMILES string of the molecule is COc1ccccc1-n1cc(CN2CCn3nc([C@H](O)CO)cc3C2)cn1. The van der Waals surface area contributed by atoms with Crippen molar-refractivity contribution in [1.29, 1.82) is 0 Å². The molecule has 0 unspecified atom stereocenters. The molecule has 0 radical (unpaired) electrons. The Morgan fingerprint density at radius 3 is 2.93 bits per heavy atom. The lowest BCUT2D eigenvalue weighted by Crippen LogP contribution is -2.33. The Hall–Kier alpha value is -2.68. The minimum absolute atomic E-state index is 0.317. The maximum atomic E-state index is 9.77. The van der Waals surface area contributed by atoms with Gasteiger partial charge in [0.25, 0.3) is 0 Å². The van der Waals surface area contributed by atoms with Gasteiger partial charge in [-0.1, -0.05) is 12.1 Å². The van der Waals surface area contributed by atoms with Crippen LogP contribution in [0.4, 0.5) is 0 Å². The molecule has 0 bridgehead atoms. The van der Waals surface area contributed by atoms with Gasteiger partial charge in [-0.15, -0.1) is 0 Å². The molecule has 0 fully saturated rings. The number of hydrogen-bond acceptors (Lipinski definition) is 6. The minimum atomic E-state index is -0.921. The average molecular weight is 369 g/mol. The quantitative estimate of drug-likeness (QED) is 0.677. The molecular weight excluding hydrogens is 346 g/mol. The first-order chi connectivity index (χ1) is 13.2. The van der Waals surface area contributed by atoms with Crippen LogP contribution in [0.3, 0.4) is 0 Å². The number of ether oxygens (including phenoxy) is 1. The Morgan fingerprint density at radius 2 is 2.11 bits per heavy atom. The molecule has 142 valence electrons. The Kier molecular flexibility index (Phi) is 4.93. The largest absolute Gasteiger partial charge is 0.494 e. The van der Waals surface area contributed by atoms with Gasteiger partial charge in [-0.05, 0) is 18.2 Å². The van der Waals surface area contributed by atoms with Crippen molar-refractivity contribution in [3.05, 3.63) is 59.7 Å². The van der Waals surface area contributed by atoms with E-state index in [1.165, 1.54) is 0 Å². The first-order valence-corrected chi connectivity index (χ1v) is 8.93. The van der Waals surface area contributed by atoms with Crippen LogP contribution in [-0.4, -0.2) is 54.9 Å². The molecule has 27 heavy (non-hydrogen) atoms. The summed E-state index contributed by atoms with van der Waals surface area (Å²) in [5.74, 6) is 0.781. The number of aliphatic hydroxyl groups is 2. The smallest absolute Gasteiger partial charge is 0.144 e. The number of hydrogen-bond donors (Lipinski definition) is 2. The molecule has 8 nitrogen and oxygen atoms in total. The Balaban J connectivity index is 1.46. The van der Waals surface area contributed by atoms with E-state index in [-0.39, 0.29) is 6.61 Å². The summed E-state index contributed by atoms with van der Waals surface area (Å²) in [6, 6.07) is 9.66. The zero-order chi connectivity index (χ0) is 18.8. The molecule has 1 aromatic carbocycles. The summed E-state index contributed by atoms with van der Waals surface area (Å²) in [5, 5.41) is 27.7. The molecule has 3 aromatic rings. The van der Waals surface area contributed by atoms with Crippen molar-refractivity contribution in [2.45, 2.75) is 25.7 Å².